The van der Waals surface area contributed by atoms with Gasteiger partial charge in [-0.15, -0.1) is 23.5 Å². The van der Waals surface area contributed by atoms with Gasteiger partial charge >= 0.3 is 0 Å². The maximum atomic E-state index is 2.32. The van der Waals surface area contributed by atoms with Crippen LogP contribution in [0, 0.1) is 0 Å². The zero-order valence-electron chi connectivity index (χ0n) is 16.1. The van der Waals surface area contributed by atoms with Gasteiger partial charge in [0, 0.05) is 11.5 Å². The average molecular weight is 411 g/mol. The SMILES string of the molecule is c1ccc(CSC2(SCc3ccccc3)c3ccccc3-c3ccccc32)cc1. The summed E-state index contributed by atoms with van der Waals surface area (Å²) in [7, 11) is 0. The highest BCUT2D eigenvalue weighted by atomic mass is 32.2. The molecule has 29 heavy (non-hydrogen) atoms. The standard InChI is InChI=1S/C27H22S2/c1-3-11-21(12-4-1)19-28-27(29-20-22-13-5-2-6-14-22)25-17-9-7-15-23(25)24-16-8-10-18-26(24)27/h1-18H,19-20H2. The Morgan fingerprint density at radius 3 is 1.28 bits per heavy atom. The topological polar surface area (TPSA) is 0 Å². The first-order valence-corrected chi connectivity index (χ1v) is 11.9. The molecule has 2 heteroatoms. The molecule has 0 heterocycles. The first kappa shape index (κ1) is 18.6. The van der Waals surface area contributed by atoms with E-state index in [0.29, 0.717) is 0 Å². The lowest BCUT2D eigenvalue weighted by molar-refractivity contribution is 1.11. The molecule has 1 aliphatic rings. The second kappa shape index (κ2) is 8.14. The lowest BCUT2D eigenvalue weighted by Crippen LogP contribution is -2.17. The van der Waals surface area contributed by atoms with Crippen LogP contribution in [0.15, 0.2) is 109 Å². The van der Waals surface area contributed by atoms with Crippen molar-refractivity contribution in [2.75, 3.05) is 0 Å². The summed E-state index contributed by atoms with van der Waals surface area (Å²) in [5.74, 6) is 1.98. The summed E-state index contributed by atoms with van der Waals surface area (Å²) in [6.45, 7) is 0. The molecule has 5 rings (SSSR count). The van der Waals surface area contributed by atoms with E-state index in [1.54, 1.807) is 0 Å². The van der Waals surface area contributed by atoms with Crippen LogP contribution in [0.25, 0.3) is 11.1 Å². The summed E-state index contributed by atoms with van der Waals surface area (Å²) in [6.07, 6.45) is 0. The number of hydrogen-bond acceptors (Lipinski definition) is 2. The largest absolute Gasteiger partial charge is 0.130 e. The zero-order chi connectivity index (χ0) is 19.5. The Bertz CT molecular complexity index is 1010. The fraction of sp³-hybridized carbons (Fsp3) is 0.111. The van der Waals surface area contributed by atoms with Crippen LogP contribution in [0.4, 0.5) is 0 Å². The van der Waals surface area contributed by atoms with Crippen molar-refractivity contribution in [1.29, 1.82) is 0 Å². The molecule has 0 bridgehead atoms. The van der Waals surface area contributed by atoms with Gasteiger partial charge in [0.15, 0.2) is 0 Å². The van der Waals surface area contributed by atoms with Gasteiger partial charge in [-0.2, -0.15) is 0 Å². The molecular weight excluding hydrogens is 388 g/mol. The molecule has 0 saturated carbocycles. The van der Waals surface area contributed by atoms with E-state index in [1.807, 2.05) is 0 Å². The summed E-state index contributed by atoms with van der Waals surface area (Å²) in [6, 6.07) is 39.6. The number of fused-ring (bicyclic) bond motifs is 3. The molecule has 0 amide bonds. The molecule has 0 spiro atoms. The van der Waals surface area contributed by atoms with E-state index in [-0.39, 0.29) is 4.08 Å². The molecule has 0 atom stereocenters. The summed E-state index contributed by atoms with van der Waals surface area (Å²) in [5.41, 5.74) is 8.37. The first-order chi connectivity index (χ1) is 14.4. The molecule has 0 unspecified atom stereocenters. The first-order valence-electron chi connectivity index (χ1n) is 9.92. The Kier molecular flexibility index (Phi) is 5.22. The highest BCUT2D eigenvalue weighted by Crippen LogP contribution is 2.62. The second-order valence-electron chi connectivity index (χ2n) is 7.26. The minimum atomic E-state index is -0.0983. The third-order valence-corrected chi connectivity index (χ3v) is 8.78. The predicted octanol–water partition coefficient (Wildman–Crippen LogP) is 7.73. The molecule has 0 radical (unpaired) electrons. The van der Waals surface area contributed by atoms with Crippen molar-refractivity contribution in [2.24, 2.45) is 0 Å². The fourth-order valence-corrected chi connectivity index (χ4v) is 7.17. The minimum Gasteiger partial charge on any atom is -0.130 e. The van der Waals surface area contributed by atoms with Gasteiger partial charge in [0.25, 0.3) is 0 Å². The lowest BCUT2D eigenvalue weighted by Gasteiger charge is -2.31. The average Bonchev–Trinajstić information content (AvgIpc) is 3.08. The smallest absolute Gasteiger partial charge is 0.113 e. The maximum Gasteiger partial charge on any atom is 0.113 e. The number of thioether (sulfide) groups is 2. The molecule has 0 saturated heterocycles. The molecule has 1 aliphatic carbocycles. The van der Waals surface area contributed by atoms with E-state index in [4.69, 9.17) is 0 Å². The van der Waals surface area contributed by atoms with Gasteiger partial charge in [-0.3, -0.25) is 0 Å². The Morgan fingerprint density at radius 1 is 0.448 bits per heavy atom. The Morgan fingerprint density at radius 2 is 0.828 bits per heavy atom. The van der Waals surface area contributed by atoms with Gasteiger partial charge in [-0.05, 0) is 33.4 Å². The Hall–Kier alpha value is -2.42. The highest BCUT2D eigenvalue weighted by molar-refractivity contribution is 8.17. The monoisotopic (exact) mass is 410 g/mol. The van der Waals surface area contributed by atoms with Crippen molar-refractivity contribution in [1.82, 2.24) is 0 Å². The van der Waals surface area contributed by atoms with Crippen LogP contribution in [-0.4, -0.2) is 0 Å². The zero-order valence-corrected chi connectivity index (χ0v) is 17.8. The van der Waals surface area contributed by atoms with Crippen LogP contribution in [0.5, 0.6) is 0 Å². The van der Waals surface area contributed by atoms with Gasteiger partial charge < -0.3 is 0 Å². The van der Waals surface area contributed by atoms with Gasteiger partial charge in [0.05, 0.1) is 0 Å². The molecule has 4 aromatic rings. The summed E-state index contributed by atoms with van der Waals surface area (Å²) < 4.78 is -0.0983. The highest BCUT2D eigenvalue weighted by Gasteiger charge is 2.43. The van der Waals surface area contributed by atoms with Gasteiger partial charge in [-0.1, -0.05) is 109 Å². The van der Waals surface area contributed by atoms with E-state index in [0.717, 1.165) is 11.5 Å². The Labute approximate surface area is 181 Å². The van der Waals surface area contributed by atoms with E-state index in [2.05, 4.69) is 133 Å². The van der Waals surface area contributed by atoms with Gasteiger partial charge in [0.1, 0.15) is 4.08 Å². The minimum absolute atomic E-state index is 0.0983. The number of rotatable bonds is 6. The predicted molar refractivity (Wildman–Crippen MR) is 128 cm³/mol. The van der Waals surface area contributed by atoms with Crippen LogP contribution >= 0.6 is 23.5 Å². The lowest BCUT2D eigenvalue weighted by atomic mass is 10.1. The third kappa shape index (κ3) is 3.52. The Balaban J connectivity index is 1.58. The van der Waals surface area contributed by atoms with Crippen LogP contribution in [0.2, 0.25) is 0 Å². The van der Waals surface area contributed by atoms with Crippen LogP contribution < -0.4 is 0 Å². The molecule has 0 N–H and O–H groups in total. The number of benzene rings is 4. The summed E-state index contributed by atoms with van der Waals surface area (Å²) in [5, 5.41) is 0. The van der Waals surface area contributed by atoms with Crippen molar-refractivity contribution in [3.8, 4) is 11.1 Å². The maximum absolute atomic E-state index is 2.32. The van der Waals surface area contributed by atoms with Crippen LogP contribution in [-0.2, 0) is 15.6 Å². The van der Waals surface area contributed by atoms with Crippen molar-refractivity contribution < 1.29 is 0 Å². The quantitative estimate of drug-likeness (QED) is 0.298. The molecule has 0 nitrogen and oxygen atoms in total. The molecule has 0 aliphatic heterocycles. The summed E-state index contributed by atoms with van der Waals surface area (Å²) in [4.78, 5) is 0. The van der Waals surface area contributed by atoms with Crippen molar-refractivity contribution in [3.05, 3.63) is 131 Å². The van der Waals surface area contributed by atoms with Crippen molar-refractivity contribution in [2.45, 2.75) is 15.6 Å². The summed E-state index contributed by atoms with van der Waals surface area (Å²) >= 11 is 4.10. The second-order valence-corrected chi connectivity index (χ2v) is 9.89. The van der Waals surface area contributed by atoms with Crippen molar-refractivity contribution >= 4 is 23.5 Å². The normalized spacial score (nSPS) is 13.7. The van der Waals surface area contributed by atoms with Crippen LogP contribution in [0.3, 0.4) is 0 Å². The van der Waals surface area contributed by atoms with Crippen LogP contribution in [0.1, 0.15) is 22.3 Å². The van der Waals surface area contributed by atoms with E-state index >= 15 is 0 Å². The molecule has 0 fully saturated rings. The molecule has 0 aromatic heterocycles. The molecular formula is C27H22S2. The molecule has 142 valence electrons. The van der Waals surface area contributed by atoms with Crippen molar-refractivity contribution in [3.63, 3.8) is 0 Å². The van der Waals surface area contributed by atoms with E-state index in [1.165, 1.54) is 33.4 Å². The van der Waals surface area contributed by atoms with E-state index < -0.39 is 0 Å². The van der Waals surface area contributed by atoms with Gasteiger partial charge in [0.2, 0.25) is 0 Å². The number of hydrogen-bond donors (Lipinski definition) is 0. The van der Waals surface area contributed by atoms with Gasteiger partial charge in [-0.25, -0.2) is 0 Å². The molecule has 4 aromatic carbocycles. The van der Waals surface area contributed by atoms with E-state index in [9.17, 15) is 0 Å². The third-order valence-electron chi connectivity index (χ3n) is 5.42. The fourth-order valence-electron chi connectivity index (χ4n) is 4.03.